The molecule has 0 aromatic carbocycles. The molecule has 6 unspecified atom stereocenters. The summed E-state index contributed by atoms with van der Waals surface area (Å²) in [5, 5.41) is 22.4. The lowest BCUT2D eigenvalue weighted by atomic mass is 9.73. The molecule has 0 aromatic rings. The smallest absolute Gasteiger partial charge is 0.293 e. The highest BCUT2D eigenvalue weighted by Crippen LogP contribution is 2.55. The molecule has 108 heavy (non-hydrogen) atoms. The lowest BCUT2D eigenvalue weighted by Gasteiger charge is -2.44. The van der Waals surface area contributed by atoms with Gasteiger partial charge in [0.05, 0.1) is 43.0 Å². The molecule has 4 rings (SSSR count). The van der Waals surface area contributed by atoms with E-state index in [4.69, 9.17) is 29.2 Å². The Morgan fingerprint density at radius 3 is 1.20 bits per heavy atom. The topological polar surface area (TPSA) is 130 Å². The highest BCUT2D eigenvalue weighted by atomic mass is 33.1. The van der Waals surface area contributed by atoms with Crippen LogP contribution in [0.2, 0.25) is 0 Å². The molecule has 10 nitrogen and oxygen atoms in total. The van der Waals surface area contributed by atoms with Crippen molar-refractivity contribution < 1.29 is 48.2 Å². The Balaban J connectivity index is -0.000000573. The molecule has 0 bridgehead atoms. The van der Waals surface area contributed by atoms with Gasteiger partial charge in [-0.15, -0.1) is 0 Å². The monoisotopic (exact) mass is 1820 g/mol. The number of rotatable bonds is 42. The minimum atomic E-state index is 0.292. The van der Waals surface area contributed by atoms with Crippen LogP contribution >= 0.6 is 173 Å². The van der Waals surface area contributed by atoms with Crippen molar-refractivity contribution in [3.63, 3.8) is 0 Å². The van der Waals surface area contributed by atoms with Crippen molar-refractivity contribution in [1.29, 1.82) is 0 Å². The predicted molar refractivity (Wildman–Crippen MR) is 524 cm³/mol. The van der Waals surface area contributed by atoms with Gasteiger partial charge in [-0.3, -0.25) is 9.59 Å². The van der Waals surface area contributed by atoms with E-state index in [1.165, 1.54) is 95.6 Å². The Morgan fingerprint density at radius 1 is 0.426 bits per heavy atom. The molecule has 652 valence electrons. The molecule has 4 fully saturated rings. The van der Waals surface area contributed by atoms with Crippen LogP contribution < -0.4 is 0 Å². The first kappa shape index (κ1) is 119. The molecule has 0 amide bonds. The van der Waals surface area contributed by atoms with Crippen molar-refractivity contribution >= 4 is 186 Å². The molecule has 3 heterocycles. The lowest BCUT2D eigenvalue weighted by Crippen LogP contribution is -2.36. The van der Waals surface area contributed by atoms with Crippen LogP contribution in [-0.4, -0.2) is 183 Å². The van der Waals surface area contributed by atoms with Gasteiger partial charge in [0.25, 0.3) is 12.9 Å². The Hall–Kier alpha value is 4.30. The van der Waals surface area contributed by atoms with E-state index in [0.717, 1.165) is 108 Å². The van der Waals surface area contributed by atoms with Crippen molar-refractivity contribution in [2.45, 2.75) is 350 Å². The van der Waals surface area contributed by atoms with E-state index in [0.29, 0.717) is 102 Å². The predicted octanol–water partition coefficient (Wildman–Crippen LogP) is 29.4. The number of ether oxygens (including phenoxy) is 6. The van der Waals surface area contributed by atoms with E-state index in [2.05, 4.69) is 250 Å². The number of aliphatic hydroxyl groups is 2. The molecule has 2 N–H and O–H groups in total. The van der Waals surface area contributed by atoms with Gasteiger partial charge in [-0.05, 0) is 133 Å². The maximum atomic E-state index is 10.00. The highest BCUT2D eigenvalue weighted by molar-refractivity contribution is 8.79. The van der Waals surface area contributed by atoms with Gasteiger partial charge in [0.2, 0.25) is 0 Å². The normalized spacial score (nSPS) is 18.4. The first-order valence-corrected chi connectivity index (χ1v) is 58.5. The quantitative estimate of drug-likeness (QED) is 0.0260. The third-order valence-corrected chi connectivity index (χ3v) is 38.9. The number of hydrogen-bond acceptors (Lipinski definition) is 26. The molecule has 0 aromatic heterocycles. The third kappa shape index (κ3) is 89.6. The van der Waals surface area contributed by atoms with Crippen molar-refractivity contribution in [1.82, 2.24) is 0 Å². The van der Waals surface area contributed by atoms with Gasteiger partial charge in [-0.25, -0.2) is 0 Å². The Labute approximate surface area is 733 Å². The molecule has 26 heteroatoms. The molecule has 1 aliphatic carbocycles. The third-order valence-electron chi connectivity index (χ3n) is 14.8. The van der Waals surface area contributed by atoms with Gasteiger partial charge in [0, 0.05) is 104 Å². The summed E-state index contributed by atoms with van der Waals surface area (Å²) >= 11 is 0. The summed E-state index contributed by atoms with van der Waals surface area (Å²) in [7, 11) is 32.5. The first-order valence-electron chi connectivity index (χ1n) is 39.7. The number of hydrogen-bond donors (Lipinski definition) is 2. The second-order valence-corrected chi connectivity index (χ2v) is 61.5. The zero-order chi connectivity index (χ0) is 83.6. The van der Waals surface area contributed by atoms with E-state index in [1.807, 2.05) is 108 Å². The number of carbonyl (C=O) groups excluding carboxylic acids is 2. The average molecular weight is 1830 g/mol. The lowest BCUT2D eigenvalue weighted by molar-refractivity contribution is -0.128. The molecular weight excluding hydrogens is 1660 g/mol. The van der Waals surface area contributed by atoms with Gasteiger partial charge in [0.15, 0.2) is 0 Å². The largest absolute Gasteiger partial charge is 0.467 e. The molecule has 6 atom stereocenters. The van der Waals surface area contributed by atoms with E-state index < -0.39 is 0 Å². The van der Waals surface area contributed by atoms with Crippen molar-refractivity contribution in [2.24, 2.45) is 43.3 Å². The van der Waals surface area contributed by atoms with Crippen LogP contribution in [0.15, 0.2) is 0 Å². The van der Waals surface area contributed by atoms with E-state index in [1.54, 1.807) is 39.5 Å². The summed E-state index contributed by atoms with van der Waals surface area (Å²) in [5.74, 6) is 6.71. The van der Waals surface area contributed by atoms with Crippen LogP contribution in [-0.2, 0) is 38.0 Å². The van der Waals surface area contributed by atoms with Gasteiger partial charge in [-0.1, -0.05) is 387 Å². The molecule has 1 saturated carbocycles. The number of carbonyl (C=O) groups is 2. The number of aliphatic hydroxyl groups excluding tert-OH is 2. The highest BCUT2D eigenvalue weighted by Gasteiger charge is 2.41. The summed E-state index contributed by atoms with van der Waals surface area (Å²) in [6, 6.07) is 0. The fourth-order valence-corrected chi connectivity index (χ4v) is 32.9. The maximum Gasteiger partial charge on any atom is 0.293 e. The zero-order valence-electron chi connectivity index (χ0n) is 74.5. The second kappa shape index (κ2) is 67.8. The van der Waals surface area contributed by atoms with Gasteiger partial charge in [0.1, 0.15) is 12.5 Å². The molecule has 0 radical (unpaired) electrons. The summed E-state index contributed by atoms with van der Waals surface area (Å²) in [6.45, 7) is 77.5. The summed E-state index contributed by atoms with van der Waals surface area (Å²) in [5.41, 5.74) is 3.46. The second-order valence-electron chi connectivity index (χ2n) is 38.3. The Morgan fingerprint density at radius 2 is 0.843 bits per heavy atom. The molecule has 0 spiro atoms. The van der Waals surface area contributed by atoms with Gasteiger partial charge < -0.3 is 38.6 Å². The fraction of sp³-hybridized carbons (Fsp3) is 0.976. The minimum Gasteiger partial charge on any atom is -0.467 e. The van der Waals surface area contributed by atoms with Crippen molar-refractivity contribution in [3.8, 4) is 0 Å². The average Bonchev–Trinajstić information content (AvgIpc) is 1.07. The zero-order valence-corrected chi connectivity index (χ0v) is 87.6. The van der Waals surface area contributed by atoms with Crippen molar-refractivity contribution in [3.05, 3.63) is 0 Å². The maximum absolute atomic E-state index is 10.00. The molecule has 4 aliphatic rings. The van der Waals surface area contributed by atoms with Crippen LogP contribution in [0.25, 0.3) is 0 Å². The number of methoxy groups -OCH3 is 1. The van der Waals surface area contributed by atoms with Crippen LogP contribution in [0, 0.1) is 43.3 Å². The van der Waals surface area contributed by atoms with E-state index in [9.17, 15) is 9.59 Å². The minimum absolute atomic E-state index is 0.292. The fourth-order valence-electron chi connectivity index (χ4n) is 11.2. The Bertz CT molecular complexity index is 1990. The summed E-state index contributed by atoms with van der Waals surface area (Å²) in [6.07, 6.45) is 18.7. The first-order chi connectivity index (χ1) is 49.8. The standard InChI is InChI=1S/C12H24OS2.C11H20O2S2.C11H22OS2.C10H20OS2.2C10H22OS2.C9H18O2S2.C9H20OS2/c1-10(9-12(2,3)4)14-15-11-5-7-13-8-6-11;1-10(2,3)7-11(5-4-6-11)15-14-9-13-8-12;1-5-13-14-11(6-7-12-9-11)8-10(2,3)4;1-8(5-10(2,3)4)12-13-9-6-11-7-9;1-9(8-10(2,3)4)13-12-7-6-11-5;1-9(8-10(2,3)4)13-12-7-5-6-11;1-9(2,3)4-6-12-13-7-5-11-8-10;1-8(7-9(2,3)4)12-11-6-5-10/h10-11H,5-9H2,1-4H3;8H,4-7,9H2,1-3H3;5-9H2,1-4H3;8-9H,5-7H2,1-4H3;9H,6-8H2,1-5H3;9,11H,5-8H2,1-4H3;8H,4-7H2,1-3H3;8,10H,5-7H2,1-4H3. The molecule has 3 aliphatic heterocycles. The molecular formula is C82H168O10S16. The van der Waals surface area contributed by atoms with E-state index >= 15 is 0 Å². The summed E-state index contributed by atoms with van der Waals surface area (Å²) in [4.78, 5) is 19.8. The molecule has 3 saturated heterocycles. The SMILES string of the molecule is CC(C)(C)CC1(SSCOC=O)CCC1.CC(C)(C)CCSSCCOC=O.CC(CC(C)(C)C)SSC1CCOCC1.CC(CC(C)(C)C)SSC1COC1.CC(CC(C)(C)C)SSCCCO.CC(CC(C)(C)C)SSCCO.CCSSC1(CC(C)(C)C)CCOC1.COCCSSC(C)CC(C)(C)C. The Kier molecular flexibility index (Phi) is 74.5. The van der Waals surface area contributed by atoms with Crippen LogP contribution in [0.1, 0.15) is 304 Å². The van der Waals surface area contributed by atoms with Crippen LogP contribution in [0.5, 0.6) is 0 Å². The van der Waals surface area contributed by atoms with Crippen LogP contribution in [0.4, 0.5) is 0 Å². The van der Waals surface area contributed by atoms with Crippen molar-refractivity contribution in [2.75, 3.05) is 114 Å². The van der Waals surface area contributed by atoms with Gasteiger partial charge >= 0.3 is 0 Å². The van der Waals surface area contributed by atoms with Gasteiger partial charge in [-0.2, -0.15) is 0 Å². The van der Waals surface area contributed by atoms with Crippen LogP contribution in [0.3, 0.4) is 0 Å². The summed E-state index contributed by atoms with van der Waals surface area (Å²) < 4.78 is 31.1. The van der Waals surface area contributed by atoms with E-state index in [-0.39, 0.29) is 0 Å².